The number of carbonyl (C=O) groups excluding carboxylic acids is 2. The van der Waals surface area contributed by atoms with Crippen LogP contribution in [0.1, 0.15) is 19.0 Å². The lowest BCUT2D eigenvalue weighted by molar-refractivity contribution is -0.136. The van der Waals surface area contributed by atoms with Crippen LogP contribution in [0.25, 0.3) is 0 Å². The summed E-state index contributed by atoms with van der Waals surface area (Å²) in [4.78, 5) is 27.6. The van der Waals surface area contributed by atoms with E-state index in [0.717, 1.165) is 12.2 Å². The van der Waals surface area contributed by atoms with Crippen molar-refractivity contribution in [1.29, 1.82) is 0 Å². The van der Waals surface area contributed by atoms with Crippen LogP contribution < -0.4 is 15.4 Å². The molecular weight excluding hydrogens is 294 g/mol. The van der Waals surface area contributed by atoms with E-state index < -0.39 is 11.8 Å². The first kappa shape index (κ1) is 16.5. The van der Waals surface area contributed by atoms with E-state index >= 15 is 0 Å². The molecule has 0 saturated carbocycles. The minimum Gasteiger partial charge on any atom is -0.494 e. The third-order valence-electron chi connectivity index (χ3n) is 2.95. The van der Waals surface area contributed by atoms with Crippen LogP contribution in [-0.2, 0) is 16.1 Å². The van der Waals surface area contributed by atoms with Crippen LogP contribution >= 0.6 is 0 Å². The molecule has 0 spiro atoms. The Kier molecular flexibility index (Phi) is 6.11. The number of hydrogen-bond donors (Lipinski definition) is 2. The Bertz CT molecular complexity index is 642. The molecule has 6 heteroatoms. The summed E-state index contributed by atoms with van der Waals surface area (Å²) in [5, 5.41) is 5.05. The number of nitrogens with one attached hydrogen (secondary N) is 2. The van der Waals surface area contributed by atoms with E-state index in [2.05, 4.69) is 15.6 Å². The van der Waals surface area contributed by atoms with E-state index in [1.54, 1.807) is 42.6 Å². The summed E-state index contributed by atoms with van der Waals surface area (Å²) in [6.45, 7) is 2.87. The molecule has 0 bridgehead atoms. The second-order valence-corrected chi connectivity index (χ2v) is 4.83. The monoisotopic (exact) mass is 313 g/mol. The van der Waals surface area contributed by atoms with E-state index in [-0.39, 0.29) is 6.54 Å². The summed E-state index contributed by atoms with van der Waals surface area (Å²) in [6.07, 6.45) is 2.55. The highest BCUT2D eigenvalue weighted by atomic mass is 16.5. The summed E-state index contributed by atoms with van der Waals surface area (Å²) >= 11 is 0. The number of benzene rings is 1. The molecule has 1 aromatic carbocycles. The molecule has 1 aromatic heterocycles. The SMILES string of the molecule is CCCOc1ccc(NC(=O)C(=O)NCc2ccccn2)cc1. The van der Waals surface area contributed by atoms with Gasteiger partial charge in [0.15, 0.2) is 0 Å². The molecule has 2 N–H and O–H groups in total. The number of amides is 2. The Morgan fingerprint density at radius 3 is 2.52 bits per heavy atom. The van der Waals surface area contributed by atoms with Gasteiger partial charge in [0.25, 0.3) is 0 Å². The zero-order valence-electron chi connectivity index (χ0n) is 12.9. The highest BCUT2D eigenvalue weighted by molar-refractivity contribution is 6.39. The maximum absolute atomic E-state index is 11.8. The average molecular weight is 313 g/mol. The summed E-state index contributed by atoms with van der Waals surface area (Å²) in [5.41, 5.74) is 1.22. The fourth-order valence-corrected chi connectivity index (χ4v) is 1.80. The van der Waals surface area contributed by atoms with Crippen LogP contribution in [0.3, 0.4) is 0 Å². The molecule has 2 amide bonds. The number of rotatable bonds is 6. The van der Waals surface area contributed by atoms with Gasteiger partial charge in [-0.3, -0.25) is 14.6 Å². The van der Waals surface area contributed by atoms with Crippen molar-refractivity contribution in [3.63, 3.8) is 0 Å². The number of hydrogen-bond acceptors (Lipinski definition) is 4. The van der Waals surface area contributed by atoms with Crippen molar-refractivity contribution in [3.8, 4) is 5.75 Å². The number of anilines is 1. The van der Waals surface area contributed by atoms with Crippen molar-refractivity contribution in [3.05, 3.63) is 54.4 Å². The summed E-state index contributed by atoms with van der Waals surface area (Å²) in [7, 11) is 0. The van der Waals surface area contributed by atoms with Crippen molar-refractivity contribution < 1.29 is 14.3 Å². The molecule has 0 unspecified atom stereocenters. The topological polar surface area (TPSA) is 80.3 Å². The number of aromatic nitrogens is 1. The zero-order valence-corrected chi connectivity index (χ0v) is 12.9. The lowest BCUT2D eigenvalue weighted by Gasteiger charge is -2.08. The average Bonchev–Trinajstić information content (AvgIpc) is 2.60. The second kappa shape index (κ2) is 8.53. The lowest BCUT2D eigenvalue weighted by Crippen LogP contribution is -2.35. The van der Waals surface area contributed by atoms with Crippen LogP contribution in [0.2, 0.25) is 0 Å². The van der Waals surface area contributed by atoms with Gasteiger partial charge in [-0.05, 0) is 42.8 Å². The molecule has 0 radical (unpaired) electrons. The van der Waals surface area contributed by atoms with Crippen LogP contribution in [0, 0.1) is 0 Å². The number of nitrogens with zero attached hydrogens (tertiary/aromatic N) is 1. The van der Waals surface area contributed by atoms with E-state index in [1.807, 2.05) is 13.0 Å². The normalized spacial score (nSPS) is 9.96. The highest BCUT2D eigenvalue weighted by Crippen LogP contribution is 2.15. The van der Waals surface area contributed by atoms with Crippen molar-refractivity contribution >= 4 is 17.5 Å². The van der Waals surface area contributed by atoms with Crippen LogP contribution in [-0.4, -0.2) is 23.4 Å². The second-order valence-electron chi connectivity index (χ2n) is 4.83. The highest BCUT2D eigenvalue weighted by Gasteiger charge is 2.13. The fraction of sp³-hybridized carbons (Fsp3) is 0.235. The van der Waals surface area contributed by atoms with Crippen molar-refractivity contribution in [2.75, 3.05) is 11.9 Å². The largest absolute Gasteiger partial charge is 0.494 e. The van der Waals surface area contributed by atoms with Gasteiger partial charge in [0.05, 0.1) is 18.8 Å². The molecule has 6 nitrogen and oxygen atoms in total. The first-order chi connectivity index (χ1) is 11.2. The quantitative estimate of drug-likeness (QED) is 0.801. The number of ether oxygens (including phenoxy) is 1. The van der Waals surface area contributed by atoms with Gasteiger partial charge < -0.3 is 15.4 Å². The predicted molar refractivity (Wildman–Crippen MR) is 86.9 cm³/mol. The summed E-state index contributed by atoms with van der Waals surface area (Å²) in [6, 6.07) is 12.2. The van der Waals surface area contributed by atoms with Crippen LogP contribution in [0.5, 0.6) is 5.75 Å². The molecule has 0 saturated heterocycles. The fourth-order valence-electron chi connectivity index (χ4n) is 1.80. The van der Waals surface area contributed by atoms with Crippen molar-refractivity contribution in [1.82, 2.24) is 10.3 Å². The van der Waals surface area contributed by atoms with Gasteiger partial charge in [-0.1, -0.05) is 13.0 Å². The third kappa shape index (κ3) is 5.43. The molecule has 0 atom stereocenters. The molecule has 0 fully saturated rings. The van der Waals surface area contributed by atoms with Gasteiger partial charge in [-0.2, -0.15) is 0 Å². The smallest absolute Gasteiger partial charge is 0.313 e. The van der Waals surface area contributed by atoms with E-state index in [9.17, 15) is 9.59 Å². The van der Waals surface area contributed by atoms with E-state index in [0.29, 0.717) is 18.0 Å². The zero-order chi connectivity index (χ0) is 16.5. The molecule has 23 heavy (non-hydrogen) atoms. The lowest BCUT2D eigenvalue weighted by atomic mass is 10.3. The third-order valence-corrected chi connectivity index (χ3v) is 2.95. The van der Waals surface area contributed by atoms with E-state index in [4.69, 9.17) is 4.74 Å². The van der Waals surface area contributed by atoms with E-state index in [1.165, 1.54) is 0 Å². The molecule has 0 aliphatic rings. The van der Waals surface area contributed by atoms with Gasteiger partial charge in [-0.15, -0.1) is 0 Å². The van der Waals surface area contributed by atoms with Gasteiger partial charge in [0.1, 0.15) is 5.75 Å². The number of carbonyl (C=O) groups is 2. The van der Waals surface area contributed by atoms with Gasteiger partial charge in [-0.25, -0.2) is 0 Å². The van der Waals surface area contributed by atoms with Crippen LogP contribution in [0.4, 0.5) is 5.69 Å². The first-order valence-corrected chi connectivity index (χ1v) is 7.41. The molecule has 120 valence electrons. The Balaban J connectivity index is 1.82. The molecule has 0 aliphatic heterocycles. The minimum atomic E-state index is -0.719. The molecule has 0 aliphatic carbocycles. The standard InChI is InChI=1S/C17H19N3O3/c1-2-11-23-15-8-6-13(7-9-15)20-17(22)16(21)19-12-14-5-3-4-10-18-14/h3-10H,2,11-12H2,1H3,(H,19,21)(H,20,22). The molecule has 2 aromatic rings. The first-order valence-electron chi connectivity index (χ1n) is 7.41. The van der Waals surface area contributed by atoms with Crippen LogP contribution in [0.15, 0.2) is 48.7 Å². The van der Waals surface area contributed by atoms with Crippen molar-refractivity contribution in [2.24, 2.45) is 0 Å². The minimum absolute atomic E-state index is 0.205. The van der Waals surface area contributed by atoms with Gasteiger partial charge in [0.2, 0.25) is 0 Å². The molecule has 1 heterocycles. The molecular formula is C17H19N3O3. The van der Waals surface area contributed by atoms with Gasteiger partial charge >= 0.3 is 11.8 Å². The number of pyridine rings is 1. The predicted octanol–water partition coefficient (Wildman–Crippen LogP) is 2.13. The maximum Gasteiger partial charge on any atom is 0.313 e. The summed E-state index contributed by atoms with van der Waals surface area (Å²) < 4.78 is 5.45. The molecule has 2 rings (SSSR count). The Labute approximate surface area is 134 Å². The Morgan fingerprint density at radius 2 is 1.87 bits per heavy atom. The van der Waals surface area contributed by atoms with Gasteiger partial charge in [0, 0.05) is 11.9 Å². The Hall–Kier alpha value is -2.89. The van der Waals surface area contributed by atoms with Crippen molar-refractivity contribution in [2.45, 2.75) is 19.9 Å². The maximum atomic E-state index is 11.8. The Morgan fingerprint density at radius 1 is 1.09 bits per heavy atom. The summed E-state index contributed by atoms with van der Waals surface area (Å²) in [5.74, 6) is -0.699.